The van der Waals surface area contributed by atoms with E-state index in [1.807, 2.05) is 37.4 Å². The van der Waals surface area contributed by atoms with Gasteiger partial charge in [0, 0.05) is 75.9 Å². The van der Waals surface area contributed by atoms with Crippen LogP contribution in [0.3, 0.4) is 0 Å². The van der Waals surface area contributed by atoms with Gasteiger partial charge in [-0.25, -0.2) is 10.2 Å². The normalized spacial score (nSPS) is 19.6. The first-order valence-electron chi connectivity index (χ1n) is 22.7. The number of aliphatic hydroxyl groups excluding tert-OH is 1. The van der Waals surface area contributed by atoms with Crippen molar-refractivity contribution in [2.75, 3.05) is 64.6 Å². The van der Waals surface area contributed by atoms with Gasteiger partial charge in [-0.1, -0.05) is 44.2 Å². The molecule has 0 spiro atoms. The fraction of sp³-hybridized carbons (Fsp3) is 0.551. The summed E-state index contributed by atoms with van der Waals surface area (Å²) in [6.45, 7) is 19.8. The highest BCUT2D eigenvalue weighted by Gasteiger charge is 2.35. The summed E-state index contributed by atoms with van der Waals surface area (Å²) < 4.78 is 19.7. The van der Waals surface area contributed by atoms with E-state index in [-0.39, 0.29) is 19.1 Å². The van der Waals surface area contributed by atoms with Gasteiger partial charge in [-0.05, 0) is 99.7 Å². The van der Waals surface area contributed by atoms with Crippen LogP contribution < -0.4 is 15.6 Å². The van der Waals surface area contributed by atoms with E-state index in [0.29, 0.717) is 38.4 Å². The number of carboxylic acid groups (broad SMARTS) is 1. The Hall–Kier alpha value is -5.06. The number of ether oxygens (including phenoxy) is 3. The van der Waals surface area contributed by atoms with Crippen molar-refractivity contribution in [2.45, 2.75) is 111 Å². The van der Waals surface area contributed by atoms with Gasteiger partial charge in [0.15, 0.2) is 0 Å². The van der Waals surface area contributed by atoms with Crippen LogP contribution in [-0.2, 0) is 43.2 Å². The number of piperazine rings is 1. The second-order valence-electron chi connectivity index (χ2n) is 19.3. The molecule has 7 rings (SSSR count). The van der Waals surface area contributed by atoms with E-state index in [1.165, 1.54) is 5.01 Å². The molecule has 0 bridgehead atoms. The number of aliphatic hydroxyl groups is 1. The Balaban J connectivity index is 1.29. The van der Waals surface area contributed by atoms with Crippen molar-refractivity contribution in [2.24, 2.45) is 5.41 Å². The van der Waals surface area contributed by atoms with Crippen LogP contribution in [-0.4, -0.2) is 131 Å². The summed E-state index contributed by atoms with van der Waals surface area (Å²) in [5.74, 6) is -1.48. The van der Waals surface area contributed by atoms with Gasteiger partial charge in [0.2, 0.25) is 0 Å². The number of carbonyl (C=O) groups excluding carboxylic acids is 2. The molecule has 5 heterocycles. The van der Waals surface area contributed by atoms with Gasteiger partial charge in [-0.3, -0.25) is 24.5 Å². The van der Waals surface area contributed by atoms with Crippen molar-refractivity contribution in [3.8, 4) is 22.4 Å². The molecule has 346 valence electrons. The van der Waals surface area contributed by atoms with Gasteiger partial charge in [-0.2, -0.15) is 0 Å². The second-order valence-corrected chi connectivity index (χ2v) is 19.3. The molecule has 15 nitrogen and oxygen atoms in total. The van der Waals surface area contributed by atoms with Crippen molar-refractivity contribution in [3.05, 3.63) is 71.5 Å². The summed E-state index contributed by atoms with van der Waals surface area (Å²) in [5, 5.41) is 25.5. The molecule has 15 heteroatoms. The average Bonchev–Trinajstić information content (AvgIpc) is 3.58. The Bertz CT molecular complexity index is 2320. The van der Waals surface area contributed by atoms with Crippen LogP contribution in [0.5, 0.6) is 0 Å². The first-order valence-corrected chi connectivity index (χ1v) is 22.7. The minimum absolute atomic E-state index is 0.00145. The molecule has 64 heavy (non-hydrogen) atoms. The molecule has 2 unspecified atom stereocenters. The third-order valence-electron chi connectivity index (χ3n) is 12.7. The van der Waals surface area contributed by atoms with Crippen LogP contribution in [0.4, 0.5) is 10.5 Å². The molecule has 3 aliphatic rings. The van der Waals surface area contributed by atoms with E-state index >= 15 is 0 Å². The van der Waals surface area contributed by atoms with E-state index < -0.39 is 41.1 Å². The zero-order chi connectivity index (χ0) is 45.9. The van der Waals surface area contributed by atoms with Crippen molar-refractivity contribution in [3.63, 3.8) is 0 Å². The molecule has 3 aliphatic heterocycles. The maximum Gasteiger partial charge on any atom is 0.408 e. The predicted octanol–water partition coefficient (Wildman–Crippen LogP) is 6.20. The number of nitrogens with one attached hydrogen (secondary N) is 2. The maximum atomic E-state index is 14.0. The Labute approximate surface area is 377 Å². The zero-order valence-corrected chi connectivity index (χ0v) is 38.8. The molecule has 4 N–H and O–H groups in total. The van der Waals surface area contributed by atoms with Gasteiger partial charge in [-0.15, -0.1) is 0 Å². The molecule has 2 aromatic heterocycles. The minimum Gasteiger partial charge on any atom is -0.480 e. The largest absolute Gasteiger partial charge is 0.480 e. The fourth-order valence-electron chi connectivity index (χ4n) is 9.27. The minimum atomic E-state index is -1.04. The molecule has 4 atom stereocenters. The molecule has 0 radical (unpaired) electrons. The van der Waals surface area contributed by atoms with Crippen molar-refractivity contribution < 1.29 is 38.8 Å². The number of amides is 2. The van der Waals surface area contributed by atoms with Crippen LogP contribution in [0.1, 0.15) is 84.2 Å². The number of carboxylic acids is 1. The number of methoxy groups -OCH3 is 1. The predicted molar refractivity (Wildman–Crippen MR) is 247 cm³/mol. The number of fused-ring (bicyclic) bond motifs is 2. The highest BCUT2D eigenvalue weighted by atomic mass is 16.6. The number of pyridine rings is 1. The SMILES string of the molecule is CCn1c(-c2cc(N3CCN4CCOC[C@@H]4C3)cnc2C(C)OC)c(CC(C)(C)CO)c2cc(-c3cccc(CC(NC(=O)OC(C)(C)C)C(=O)N4CCC[C@@H](C(=O)O)N4)c3)ccc21. The average molecular weight is 882 g/mol. The van der Waals surface area contributed by atoms with Gasteiger partial charge in [0.25, 0.3) is 5.91 Å². The Morgan fingerprint density at radius 2 is 1.81 bits per heavy atom. The highest BCUT2D eigenvalue weighted by molar-refractivity contribution is 5.96. The number of rotatable bonds is 14. The number of aliphatic carboxylic acids is 1. The standard InChI is InChI=1S/C49H67N7O8/c1-9-55-42-16-15-34(33-13-10-12-32(22-33)23-41(51-47(61)64-48(3,4)5)45(58)56-17-11-14-40(52-56)46(59)60)24-37(42)39(26-49(6,7)30-57)44(55)38-25-35(27-50-43(38)31(2)62-8)54-19-18-53-20-21-63-29-36(53)28-54/h10,12-13,15-16,22,24-25,27,31,36,40-41,52,57H,9,11,14,17-21,23,26,28-30H2,1-8H3,(H,51,61)(H,59,60)/t31?,36-,40-,41?/m0/s1. The summed E-state index contributed by atoms with van der Waals surface area (Å²) in [7, 11) is 1.71. The van der Waals surface area contributed by atoms with Crippen molar-refractivity contribution in [1.82, 2.24) is 30.2 Å². The quantitative estimate of drug-likeness (QED) is 0.113. The Morgan fingerprint density at radius 3 is 2.53 bits per heavy atom. The highest BCUT2D eigenvalue weighted by Crippen LogP contribution is 2.43. The number of hydrazine groups is 1. The van der Waals surface area contributed by atoms with Crippen LogP contribution >= 0.6 is 0 Å². The van der Waals surface area contributed by atoms with Crippen LogP contribution in [0.25, 0.3) is 33.3 Å². The molecule has 0 saturated carbocycles. The third kappa shape index (κ3) is 10.6. The Kier molecular flexibility index (Phi) is 14.4. The van der Waals surface area contributed by atoms with Crippen molar-refractivity contribution >= 4 is 34.6 Å². The third-order valence-corrected chi connectivity index (χ3v) is 12.7. The number of hydrogen-bond donors (Lipinski definition) is 4. The number of carbonyl (C=O) groups is 3. The second kappa shape index (κ2) is 19.6. The Morgan fingerprint density at radius 1 is 1.03 bits per heavy atom. The van der Waals surface area contributed by atoms with Crippen LogP contribution in [0.15, 0.2) is 54.7 Å². The first kappa shape index (κ1) is 46.9. The van der Waals surface area contributed by atoms with Crippen LogP contribution in [0.2, 0.25) is 0 Å². The lowest BCUT2D eigenvalue weighted by Gasteiger charge is -2.44. The van der Waals surface area contributed by atoms with E-state index in [4.69, 9.17) is 19.2 Å². The summed E-state index contributed by atoms with van der Waals surface area (Å²) in [6, 6.07) is 15.1. The number of benzene rings is 2. The molecule has 3 saturated heterocycles. The molecule has 3 fully saturated rings. The number of alkyl carbamates (subject to hydrolysis) is 1. The molecular weight excluding hydrogens is 815 g/mol. The lowest BCUT2D eigenvalue weighted by Crippen LogP contribution is -2.60. The number of hydrogen-bond acceptors (Lipinski definition) is 11. The molecule has 2 amide bonds. The van der Waals surface area contributed by atoms with Gasteiger partial charge in [0.05, 0.1) is 48.6 Å². The van der Waals surface area contributed by atoms with E-state index in [0.717, 1.165) is 95.2 Å². The lowest BCUT2D eigenvalue weighted by molar-refractivity contribution is -0.147. The lowest BCUT2D eigenvalue weighted by atomic mass is 9.84. The summed E-state index contributed by atoms with van der Waals surface area (Å²) in [4.78, 5) is 49.1. The molecule has 0 aliphatic carbocycles. The monoisotopic (exact) mass is 882 g/mol. The number of nitrogens with zero attached hydrogens (tertiary/aromatic N) is 5. The summed E-state index contributed by atoms with van der Waals surface area (Å²) >= 11 is 0. The number of anilines is 1. The number of aryl methyl sites for hydroxylation is 1. The van der Waals surface area contributed by atoms with Gasteiger partial charge < -0.3 is 39.2 Å². The zero-order valence-electron chi connectivity index (χ0n) is 38.8. The molecule has 2 aromatic carbocycles. The van der Waals surface area contributed by atoms with E-state index in [2.05, 4.69) is 70.1 Å². The van der Waals surface area contributed by atoms with Gasteiger partial charge in [0.1, 0.15) is 17.7 Å². The number of morpholine rings is 1. The molecule has 4 aromatic rings. The van der Waals surface area contributed by atoms with Gasteiger partial charge >= 0.3 is 12.1 Å². The maximum absolute atomic E-state index is 14.0. The fourth-order valence-corrected chi connectivity index (χ4v) is 9.27. The van der Waals surface area contributed by atoms with E-state index in [9.17, 15) is 24.6 Å². The molecular formula is C49H67N7O8. The first-order chi connectivity index (χ1) is 30.5. The van der Waals surface area contributed by atoms with Crippen LogP contribution in [0, 0.1) is 5.41 Å². The van der Waals surface area contributed by atoms with Crippen molar-refractivity contribution in [1.29, 1.82) is 0 Å². The van der Waals surface area contributed by atoms with E-state index in [1.54, 1.807) is 27.9 Å². The summed E-state index contributed by atoms with van der Waals surface area (Å²) in [5.41, 5.74) is 10.4. The number of aromatic nitrogens is 2. The topological polar surface area (TPSA) is 171 Å². The smallest absolute Gasteiger partial charge is 0.408 e. The summed E-state index contributed by atoms with van der Waals surface area (Å²) in [6.07, 6.45) is 2.60.